The largest absolute Gasteiger partial charge is 0.351 e. The Balaban J connectivity index is 1.83. The lowest BCUT2D eigenvalue weighted by atomic mass is 9.80. The van der Waals surface area contributed by atoms with Crippen LogP contribution in [0.4, 0.5) is 0 Å². The van der Waals surface area contributed by atoms with Gasteiger partial charge in [0, 0.05) is 31.0 Å². The number of nitrogens with one attached hydrogen (secondary N) is 1. The molecule has 0 radical (unpaired) electrons. The Hall–Kier alpha value is -1.84. The van der Waals surface area contributed by atoms with Crippen molar-refractivity contribution in [2.24, 2.45) is 11.8 Å². The molecule has 0 unspecified atom stereocenters. The average molecular weight is 330 g/mol. The summed E-state index contributed by atoms with van der Waals surface area (Å²) in [6, 6.07) is 10.0. The number of hydrogen-bond acceptors (Lipinski definition) is 2. The van der Waals surface area contributed by atoms with Gasteiger partial charge in [-0.2, -0.15) is 0 Å². The standard InChI is InChI=1S/C20H30N2O2/c1-20(2,3)21-18(23)16-10-12-17(13-11-16)19(24)22(4)14-15-8-6-5-7-9-15/h5-9,16-17H,10-14H2,1-4H3,(H,21,23). The predicted octanol–water partition coefficient (Wildman–Crippen LogP) is 3.37. The van der Waals surface area contributed by atoms with Crippen LogP contribution in [0.5, 0.6) is 0 Å². The molecule has 1 aliphatic rings. The van der Waals surface area contributed by atoms with Crippen LogP contribution >= 0.6 is 0 Å². The van der Waals surface area contributed by atoms with E-state index >= 15 is 0 Å². The van der Waals surface area contributed by atoms with Crippen molar-refractivity contribution in [2.75, 3.05) is 7.05 Å². The minimum absolute atomic E-state index is 0.0488. The summed E-state index contributed by atoms with van der Waals surface area (Å²) in [5.41, 5.74) is 0.950. The molecule has 1 aromatic rings. The van der Waals surface area contributed by atoms with Crippen LogP contribution in [-0.4, -0.2) is 29.3 Å². The van der Waals surface area contributed by atoms with Crippen LogP contribution in [0.1, 0.15) is 52.0 Å². The van der Waals surface area contributed by atoms with Gasteiger partial charge >= 0.3 is 0 Å². The van der Waals surface area contributed by atoms with E-state index < -0.39 is 0 Å². The van der Waals surface area contributed by atoms with E-state index in [0.717, 1.165) is 31.2 Å². The summed E-state index contributed by atoms with van der Waals surface area (Å²) >= 11 is 0. The molecule has 24 heavy (non-hydrogen) atoms. The fourth-order valence-electron chi connectivity index (χ4n) is 3.32. The van der Waals surface area contributed by atoms with E-state index in [0.29, 0.717) is 6.54 Å². The maximum atomic E-state index is 12.6. The number of nitrogens with zero attached hydrogens (tertiary/aromatic N) is 1. The number of amides is 2. The highest BCUT2D eigenvalue weighted by Crippen LogP contribution is 2.30. The number of carbonyl (C=O) groups excluding carboxylic acids is 2. The van der Waals surface area contributed by atoms with Gasteiger partial charge in [-0.15, -0.1) is 0 Å². The highest BCUT2D eigenvalue weighted by molar-refractivity contribution is 5.81. The van der Waals surface area contributed by atoms with Crippen LogP contribution < -0.4 is 5.32 Å². The molecule has 0 heterocycles. The lowest BCUT2D eigenvalue weighted by Crippen LogP contribution is -2.45. The van der Waals surface area contributed by atoms with Gasteiger partial charge in [0.25, 0.3) is 0 Å². The molecule has 132 valence electrons. The molecule has 1 N–H and O–H groups in total. The Kier molecular flexibility index (Phi) is 6.03. The SMILES string of the molecule is CN(Cc1ccccc1)C(=O)C1CCC(C(=O)NC(C)(C)C)CC1. The summed E-state index contributed by atoms with van der Waals surface area (Å²) in [4.78, 5) is 26.7. The molecule has 0 aliphatic heterocycles. The lowest BCUT2D eigenvalue weighted by Gasteiger charge is -2.31. The van der Waals surface area contributed by atoms with Crippen molar-refractivity contribution < 1.29 is 9.59 Å². The minimum atomic E-state index is -0.195. The summed E-state index contributed by atoms with van der Waals surface area (Å²) in [7, 11) is 1.87. The second kappa shape index (κ2) is 7.82. The van der Waals surface area contributed by atoms with Crippen molar-refractivity contribution in [1.82, 2.24) is 10.2 Å². The number of benzene rings is 1. The fraction of sp³-hybridized carbons (Fsp3) is 0.600. The second-order valence-electron chi connectivity index (χ2n) is 7.97. The molecule has 4 heteroatoms. The maximum Gasteiger partial charge on any atom is 0.225 e. The van der Waals surface area contributed by atoms with Crippen LogP contribution in [-0.2, 0) is 16.1 Å². The summed E-state index contributed by atoms with van der Waals surface area (Å²) in [5, 5.41) is 3.05. The zero-order valence-corrected chi connectivity index (χ0v) is 15.3. The molecule has 1 aliphatic carbocycles. The number of carbonyl (C=O) groups is 2. The van der Waals surface area contributed by atoms with Crippen LogP contribution in [0, 0.1) is 11.8 Å². The zero-order chi connectivity index (χ0) is 17.7. The summed E-state index contributed by atoms with van der Waals surface area (Å²) in [6.45, 7) is 6.64. The topological polar surface area (TPSA) is 49.4 Å². The molecule has 0 saturated heterocycles. The molecule has 4 nitrogen and oxygen atoms in total. The van der Waals surface area contributed by atoms with E-state index in [1.807, 2.05) is 63.1 Å². The molecule has 0 atom stereocenters. The van der Waals surface area contributed by atoms with Gasteiger partial charge < -0.3 is 10.2 Å². The third-order valence-corrected chi connectivity index (χ3v) is 4.58. The monoisotopic (exact) mass is 330 g/mol. The van der Waals surface area contributed by atoms with Gasteiger partial charge in [-0.3, -0.25) is 9.59 Å². The summed E-state index contributed by atoms with van der Waals surface area (Å²) in [6.07, 6.45) is 3.22. The fourth-order valence-corrected chi connectivity index (χ4v) is 3.32. The normalized spacial score (nSPS) is 21.2. The molecule has 0 aromatic heterocycles. The van der Waals surface area contributed by atoms with Crippen LogP contribution in [0.15, 0.2) is 30.3 Å². The zero-order valence-electron chi connectivity index (χ0n) is 15.3. The van der Waals surface area contributed by atoms with Crippen molar-refractivity contribution in [3.05, 3.63) is 35.9 Å². The minimum Gasteiger partial charge on any atom is -0.351 e. The highest BCUT2D eigenvalue weighted by atomic mass is 16.2. The van der Waals surface area contributed by atoms with Gasteiger partial charge in [-0.05, 0) is 52.0 Å². The first-order valence-corrected chi connectivity index (χ1v) is 8.87. The quantitative estimate of drug-likeness (QED) is 0.920. The lowest BCUT2D eigenvalue weighted by molar-refractivity contribution is -0.138. The van der Waals surface area contributed by atoms with Crippen molar-refractivity contribution in [3.63, 3.8) is 0 Å². The van der Waals surface area contributed by atoms with E-state index in [1.165, 1.54) is 0 Å². The van der Waals surface area contributed by atoms with Crippen molar-refractivity contribution in [1.29, 1.82) is 0 Å². The maximum absolute atomic E-state index is 12.6. The Morgan fingerprint density at radius 1 is 1.04 bits per heavy atom. The third kappa shape index (κ3) is 5.36. The molecule has 2 amide bonds. The predicted molar refractivity (Wildman–Crippen MR) is 96.3 cm³/mol. The Morgan fingerprint density at radius 2 is 1.58 bits per heavy atom. The number of rotatable bonds is 4. The van der Waals surface area contributed by atoms with Crippen LogP contribution in [0.3, 0.4) is 0 Å². The molecular formula is C20H30N2O2. The summed E-state index contributed by atoms with van der Waals surface area (Å²) in [5.74, 6) is 0.435. The van der Waals surface area contributed by atoms with Crippen LogP contribution in [0.25, 0.3) is 0 Å². The average Bonchev–Trinajstić information content (AvgIpc) is 2.53. The van der Waals surface area contributed by atoms with Gasteiger partial charge in [0.15, 0.2) is 0 Å². The highest BCUT2D eigenvalue weighted by Gasteiger charge is 2.32. The smallest absolute Gasteiger partial charge is 0.225 e. The Labute approximate surface area is 145 Å². The van der Waals surface area contributed by atoms with Gasteiger partial charge in [0.1, 0.15) is 0 Å². The number of hydrogen-bond donors (Lipinski definition) is 1. The van der Waals surface area contributed by atoms with Gasteiger partial charge in [0.05, 0.1) is 0 Å². The summed E-state index contributed by atoms with van der Waals surface area (Å²) < 4.78 is 0. The third-order valence-electron chi connectivity index (χ3n) is 4.58. The first-order chi connectivity index (χ1) is 11.3. The molecule has 0 spiro atoms. The molecule has 0 bridgehead atoms. The van der Waals surface area contributed by atoms with E-state index in [-0.39, 0.29) is 29.2 Å². The van der Waals surface area contributed by atoms with E-state index in [2.05, 4.69) is 5.32 Å². The van der Waals surface area contributed by atoms with Gasteiger partial charge in [-0.25, -0.2) is 0 Å². The first-order valence-electron chi connectivity index (χ1n) is 8.87. The Bertz CT molecular complexity index is 555. The van der Waals surface area contributed by atoms with E-state index in [9.17, 15) is 9.59 Å². The molecule has 2 rings (SSSR count). The van der Waals surface area contributed by atoms with Crippen LogP contribution in [0.2, 0.25) is 0 Å². The molecule has 1 fully saturated rings. The second-order valence-corrected chi connectivity index (χ2v) is 7.97. The van der Waals surface area contributed by atoms with Crippen molar-refractivity contribution >= 4 is 11.8 Å². The van der Waals surface area contributed by atoms with Gasteiger partial charge in [-0.1, -0.05) is 30.3 Å². The molecule has 1 saturated carbocycles. The van der Waals surface area contributed by atoms with E-state index in [1.54, 1.807) is 0 Å². The van der Waals surface area contributed by atoms with Crippen molar-refractivity contribution in [3.8, 4) is 0 Å². The van der Waals surface area contributed by atoms with Crippen molar-refractivity contribution in [2.45, 2.75) is 58.5 Å². The first kappa shape index (κ1) is 18.5. The van der Waals surface area contributed by atoms with E-state index in [4.69, 9.17) is 0 Å². The van der Waals surface area contributed by atoms with Gasteiger partial charge in [0.2, 0.25) is 11.8 Å². The molecular weight excluding hydrogens is 300 g/mol. The molecule has 1 aromatic carbocycles. The Morgan fingerprint density at radius 3 is 2.12 bits per heavy atom.